The van der Waals surface area contributed by atoms with E-state index in [2.05, 4.69) is 26.0 Å². The zero-order chi connectivity index (χ0) is 14.9. The maximum Gasteiger partial charge on any atom is 0.161 e. The van der Waals surface area contributed by atoms with Crippen LogP contribution in [0, 0.1) is 0 Å². The SMILES string of the molecule is Nc1nc(-c2ccncc2)ncc1-c1ccc2ncsc2c1. The summed E-state index contributed by atoms with van der Waals surface area (Å²) in [5.74, 6) is 1.06. The van der Waals surface area contributed by atoms with Crippen LogP contribution >= 0.6 is 11.3 Å². The van der Waals surface area contributed by atoms with E-state index in [1.165, 1.54) is 0 Å². The summed E-state index contributed by atoms with van der Waals surface area (Å²) in [4.78, 5) is 17.1. The number of nitrogen functional groups attached to an aromatic ring is 1. The van der Waals surface area contributed by atoms with Gasteiger partial charge in [0.05, 0.1) is 15.7 Å². The van der Waals surface area contributed by atoms with Gasteiger partial charge in [0.1, 0.15) is 5.82 Å². The smallest absolute Gasteiger partial charge is 0.161 e. The third-order valence-electron chi connectivity index (χ3n) is 3.40. The lowest BCUT2D eigenvalue weighted by Gasteiger charge is -2.07. The van der Waals surface area contributed by atoms with Crippen LogP contribution < -0.4 is 5.73 Å². The molecule has 106 valence electrons. The zero-order valence-electron chi connectivity index (χ0n) is 11.5. The molecule has 0 saturated heterocycles. The molecule has 3 heterocycles. The van der Waals surface area contributed by atoms with Crippen molar-refractivity contribution in [3.05, 3.63) is 54.4 Å². The molecule has 0 bridgehead atoms. The van der Waals surface area contributed by atoms with Crippen molar-refractivity contribution in [1.29, 1.82) is 0 Å². The number of aromatic nitrogens is 4. The molecule has 0 fully saturated rings. The van der Waals surface area contributed by atoms with Gasteiger partial charge in [-0.1, -0.05) is 6.07 Å². The van der Waals surface area contributed by atoms with E-state index in [0.29, 0.717) is 11.6 Å². The zero-order valence-corrected chi connectivity index (χ0v) is 12.3. The second-order valence-corrected chi connectivity index (χ2v) is 5.65. The van der Waals surface area contributed by atoms with Gasteiger partial charge in [0.25, 0.3) is 0 Å². The van der Waals surface area contributed by atoms with E-state index in [-0.39, 0.29) is 0 Å². The number of nitrogens with zero attached hydrogens (tertiary/aromatic N) is 4. The highest BCUT2D eigenvalue weighted by molar-refractivity contribution is 7.16. The molecule has 0 saturated carbocycles. The van der Waals surface area contributed by atoms with E-state index >= 15 is 0 Å². The topological polar surface area (TPSA) is 77.6 Å². The quantitative estimate of drug-likeness (QED) is 0.614. The molecule has 2 N–H and O–H groups in total. The molecule has 0 aliphatic rings. The average molecular weight is 305 g/mol. The highest BCUT2D eigenvalue weighted by Crippen LogP contribution is 2.29. The molecule has 0 spiro atoms. The van der Waals surface area contributed by atoms with Crippen molar-refractivity contribution in [3.8, 4) is 22.5 Å². The Hall–Kier alpha value is -2.86. The Morgan fingerprint density at radius 1 is 0.955 bits per heavy atom. The van der Waals surface area contributed by atoms with Crippen LogP contribution in [0.5, 0.6) is 0 Å². The fourth-order valence-electron chi connectivity index (χ4n) is 2.28. The summed E-state index contributed by atoms with van der Waals surface area (Å²) in [6, 6.07) is 9.75. The molecular weight excluding hydrogens is 294 g/mol. The average Bonchev–Trinajstić information content (AvgIpc) is 3.03. The van der Waals surface area contributed by atoms with Gasteiger partial charge in [0.15, 0.2) is 5.82 Å². The second-order valence-electron chi connectivity index (χ2n) is 4.76. The monoisotopic (exact) mass is 305 g/mol. The molecule has 0 unspecified atom stereocenters. The fraction of sp³-hybridized carbons (Fsp3) is 0. The second kappa shape index (κ2) is 5.16. The predicted octanol–water partition coefficient (Wildman–Crippen LogP) is 3.40. The van der Waals surface area contributed by atoms with Crippen LogP contribution in [0.1, 0.15) is 0 Å². The summed E-state index contributed by atoms with van der Waals surface area (Å²) < 4.78 is 1.12. The van der Waals surface area contributed by atoms with Crippen molar-refractivity contribution in [2.75, 3.05) is 5.73 Å². The summed E-state index contributed by atoms with van der Waals surface area (Å²) in [6.07, 6.45) is 5.18. The van der Waals surface area contributed by atoms with Crippen molar-refractivity contribution in [2.24, 2.45) is 0 Å². The number of anilines is 1. The van der Waals surface area contributed by atoms with Crippen LogP contribution in [0.2, 0.25) is 0 Å². The molecule has 6 heteroatoms. The van der Waals surface area contributed by atoms with Crippen molar-refractivity contribution in [2.45, 2.75) is 0 Å². The van der Waals surface area contributed by atoms with Crippen LogP contribution in [0.4, 0.5) is 5.82 Å². The van der Waals surface area contributed by atoms with E-state index in [9.17, 15) is 0 Å². The van der Waals surface area contributed by atoms with Crippen molar-refractivity contribution in [3.63, 3.8) is 0 Å². The molecule has 0 aliphatic carbocycles. The first-order valence-corrected chi connectivity index (χ1v) is 7.56. The van der Waals surface area contributed by atoms with Gasteiger partial charge in [-0.15, -0.1) is 11.3 Å². The predicted molar refractivity (Wildman–Crippen MR) is 88.3 cm³/mol. The maximum absolute atomic E-state index is 6.13. The lowest BCUT2D eigenvalue weighted by molar-refractivity contribution is 1.18. The highest BCUT2D eigenvalue weighted by Gasteiger charge is 2.09. The fourth-order valence-corrected chi connectivity index (χ4v) is 3.00. The minimum absolute atomic E-state index is 0.464. The molecule has 0 aliphatic heterocycles. The van der Waals surface area contributed by atoms with Gasteiger partial charge in [-0.25, -0.2) is 15.0 Å². The van der Waals surface area contributed by atoms with Gasteiger partial charge in [-0.3, -0.25) is 4.98 Å². The van der Waals surface area contributed by atoms with Gasteiger partial charge in [-0.2, -0.15) is 0 Å². The van der Waals surface area contributed by atoms with E-state index in [1.54, 1.807) is 29.9 Å². The van der Waals surface area contributed by atoms with Gasteiger partial charge in [0.2, 0.25) is 0 Å². The summed E-state index contributed by atoms with van der Waals surface area (Å²) in [5, 5.41) is 0. The van der Waals surface area contributed by atoms with E-state index in [0.717, 1.165) is 26.9 Å². The van der Waals surface area contributed by atoms with E-state index < -0.39 is 0 Å². The molecule has 4 aromatic rings. The molecular formula is C16H11N5S. The van der Waals surface area contributed by atoms with Crippen LogP contribution in [0.25, 0.3) is 32.7 Å². The maximum atomic E-state index is 6.13. The number of hydrogen-bond acceptors (Lipinski definition) is 6. The summed E-state index contributed by atoms with van der Waals surface area (Å²) in [5.41, 5.74) is 11.7. The normalized spacial score (nSPS) is 10.9. The number of fused-ring (bicyclic) bond motifs is 1. The molecule has 1 aromatic carbocycles. The third-order valence-corrected chi connectivity index (χ3v) is 4.19. The van der Waals surface area contributed by atoms with Gasteiger partial charge < -0.3 is 5.73 Å². The van der Waals surface area contributed by atoms with Crippen LogP contribution in [0.15, 0.2) is 54.4 Å². The molecule has 4 rings (SSSR count). The molecule has 22 heavy (non-hydrogen) atoms. The minimum Gasteiger partial charge on any atom is -0.383 e. The Morgan fingerprint density at radius 3 is 2.64 bits per heavy atom. The van der Waals surface area contributed by atoms with E-state index in [1.807, 2.05) is 29.8 Å². The Morgan fingerprint density at radius 2 is 1.82 bits per heavy atom. The Bertz CT molecular complexity index is 949. The molecule has 3 aromatic heterocycles. The number of pyridine rings is 1. The highest BCUT2D eigenvalue weighted by atomic mass is 32.1. The third kappa shape index (κ3) is 2.19. The summed E-state index contributed by atoms with van der Waals surface area (Å²) in [6.45, 7) is 0. The molecule has 0 radical (unpaired) electrons. The standard InChI is InChI=1S/C16H11N5S/c17-15-12(11-1-2-13-14(7-11)22-9-20-13)8-19-16(21-15)10-3-5-18-6-4-10/h1-9H,(H2,17,19,21). The van der Waals surface area contributed by atoms with Crippen molar-refractivity contribution >= 4 is 27.4 Å². The number of thiazole rings is 1. The van der Waals surface area contributed by atoms with Crippen molar-refractivity contribution in [1.82, 2.24) is 19.9 Å². The Labute approximate surface area is 130 Å². The molecule has 0 atom stereocenters. The van der Waals surface area contributed by atoms with Gasteiger partial charge in [-0.05, 0) is 29.8 Å². The number of hydrogen-bond donors (Lipinski definition) is 1. The van der Waals surface area contributed by atoms with Crippen LogP contribution in [-0.2, 0) is 0 Å². The molecule has 0 amide bonds. The first kappa shape index (κ1) is 12.8. The first-order chi connectivity index (χ1) is 10.8. The summed E-state index contributed by atoms with van der Waals surface area (Å²) in [7, 11) is 0. The minimum atomic E-state index is 0.464. The van der Waals surface area contributed by atoms with Crippen molar-refractivity contribution < 1.29 is 0 Å². The lowest BCUT2D eigenvalue weighted by Crippen LogP contribution is -1.98. The molecule has 5 nitrogen and oxygen atoms in total. The number of rotatable bonds is 2. The lowest BCUT2D eigenvalue weighted by atomic mass is 10.1. The first-order valence-electron chi connectivity index (χ1n) is 6.68. The number of nitrogens with two attached hydrogens (primary N) is 1. The Balaban J connectivity index is 1.79. The van der Waals surface area contributed by atoms with E-state index in [4.69, 9.17) is 5.73 Å². The largest absolute Gasteiger partial charge is 0.383 e. The van der Waals surface area contributed by atoms with Gasteiger partial charge in [0, 0.05) is 29.7 Å². The van der Waals surface area contributed by atoms with Crippen LogP contribution in [-0.4, -0.2) is 19.9 Å². The van der Waals surface area contributed by atoms with Gasteiger partial charge >= 0.3 is 0 Å². The Kier molecular flexibility index (Phi) is 3.01. The number of benzene rings is 1. The summed E-state index contributed by atoms with van der Waals surface area (Å²) >= 11 is 1.60. The van der Waals surface area contributed by atoms with Crippen LogP contribution in [0.3, 0.4) is 0 Å².